The number of aromatic nitrogens is 2. The summed E-state index contributed by atoms with van der Waals surface area (Å²) in [6.45, 7) is 2.20. The van der Waals surface area contributed by atoms with Gasteiger partial charge in [-0.25, -0.2) is 0 Å². The van der Waals surface area contributed by atoms with Gasteiger partial charge in [0.15, 0.2) is 5.82 Å². The highest BCUT2D eigenvalue weighted by Gasteiger charge is 2.15. The van der Waals surface area contributed by atoms with Gasteiger partial charge in [-0.15, -0.1) is 0 Å². The maximum absolute atomic E-state index is 4.57. The molecule has 0 spiro atoms. The highest BCUT2D eigenvalue weighted by Crippen LogP contribution is 2.23. The van der Waals surface area contributed by atoms with Crippen LogP contribution in [0.2, 0.25) is 0 Å². The van der Waals surface area contributed by atoms with Crippen LogP contribution in [0.5, 0.6) is 0 Å². The SMILES string of the molecule is Cn1nc(NC2CCNCC2)c2ccccc21. The Morgan fingerprint density at radius 2 is 2.06 bits per heavy atom. The maximum Gasteiger partial charge on any atom is 0.156 e. The fourth-order valence-electron chi connectivity index (χ4n) is 2.48. The van der Waals surface area contributed by atoms with E-state index in [2.05, 4.69) is 40.0 Å². The quantitative estimate of drug-likeness (QED) is 0.825. The standard InChI is InChI=1S/C13H18N4/c1-17-12-5-3-2-4-11(12)13(16-17)15-10-6-8-14-9-7-10/h2-5,10,14H,6-9H2,1H3,(H,15,16). The van der Waals surface area contributed by atoms with E-state index in [1.807, 2.05) is 11.7 Å². The van der Waals surface area contributed by atoms with Crippen LogP contribution in [0.15, 0.2) is 24.3 Å². The van der Waals surface area contributed by atoms with Crippen molar-refractivity contribution in [1.29, 1.82) is 0 Å². The molecular formula is C13H18N4. The highest BCUT2D eigenvalue weighted by atomic mass is 15.3. The Kier molecular flexibility index (Phi) is 2.73. The summed E-state index contributed by atoms with van der Waals surface area (Å²) in [6, 6.07) is 8.91. The third-order valence-corrected chi connectivity index (χ3v) is 3.44. The van der Waals surface area contributed by atoms with Gasteiger partial charge in [-0.1, -0.05) is 12.1 Å². The van der Waals surface area contributed by atoms with Gasteiger partial charge in [-0.2, -0.15) is 5.10 Å². The number of piperidine rings is 1. The first-order chi connectivity index (χ1) is 8.34. The summed E-state index contributed by atoms with van der Waals surface area (Å²) in [5.41, 5.74) is 1.18. The molecular weight excluding hydrogens is 212 g/mol. The largest absolute Gasteiger partial charge is 0.365 e. The first-order valence-electron chi connectivity index (χ1n) is 6.23. The minimum atomic E-state index is 0.551. The van der Waals surface area contributed by atoms with Crippen LogP contribution in [0.4, 0.5) is 5.82 Å². The first-order valence-corrected chi connectivity index (χ1v) is 6.23. The second-order valence-corrected chi connectivity index (χ2v) is 4.66. The molecule has 0 aliphatic carbocycles. The molecule has 4 nitrogen and oxygen atoms in total. The van der Waals surface area contributed by atoms with Crippen molar-refractivity contribution < 1.29 is 0 Å². The Morgan fingerprint density at radius 3 is 2.88 bits per heavy atom. The number of hydrogen-bond donors (Lipinski definition) is 2. The molecule has 0 amide bonds. The smallest absolute Gasteiger partial charge is 0.156 e. The Morgan fingerprint density at radius 1 is 1.29 bits per heavy atom. The molecule has 0 radical (unpaired) electrons. The lowest BCUT2D eigenvalue weighted by Crippen LogP contribution is -2.35. The number of hydrogen-bond acceptors (Lipinski definition) is 3. The predicted octanol–water partition coefficient (Wildman–Crippen LogP) is 1.74. The molecule has 1 aromatic carbocycles. The summed E-state index contributed by atoms with van der Waals surface area (Å²) in [7, 11) is 2.00. The lowest BCUT2D eigenvalue weighted by molar-refractivity contribution is 0.478. The number of nitrogens with one attached hydrogen (secondary N) is 2. The van der Waals surface area contributed by atoms with Crippen LogP contribution >= 0.6 is 0 Å². The summed E-state index contributed by atoms with van der Waals surface area (Å²) in [5, 5.41) is 12.7. The number of para-hydroxylation sites is 1. The third kappa shape index (κ3) is 2.00. The molecule has 1 saturated heterocycles. The van der Waals surface area contributed by atoms with E-state index in [0.29, 0.717) is 6.04 Å². The molecule has 2 aromatic rings. The van der Waals surface area contributed by atoms with Gasteiger partial charge in [0.1, 0.15) is 0 Å². The fraction of sp³-hybridized carbons (Fsp3) is 0.462. The van der Waals surface area contributed by atoms with Gasteiger partial charge in [0, 0.05) is 18.5 Å². The van der Waals surface area contributed by atoms with Crippen molar-refractivity contribution in [2.45, 2.75) is 18.9 Å². The molecule has 0 saturated carbocycles. The van der Waals surface area contributed by atoms with Gasteiger partial charge in [-0.05, 0) is 38.1 Å². The van der Waals surface area contributed by atoms with E-state index in [1.54, 1.807) is 0 Å². The van der Waals surface area contributed by atoms with Crippen LogP contribution in [0.25, 0.3) is 10.9 Å². The van der Waals surface area contributed by atoms with Crippen LogP contribution in [0.3, 0.4) is 0 Å². The molecule has 2 N–H and O–H groups in total. The fourth-order valence-corrected chi connectivity index (χ4v) is 2.48. The molecule has 90 valence electrons. The highest BCUT2D eigenvalue weighted by molar-refractivity contribution is 5.90. The molecule has 4 heteroatoms. The molecule has 1 fully saturated rings. The van der Waals surface area contributed by atoms with Gasteiger partial charge in [0.05, 0.1) is 5.52 Å². The van der Waals surface area contributed by atoms with E-state index < -0.39 is 0 Å². The van der Waals surface area contributed by atoms with E-state index in [0.717, 1.165) is 18.9 Å². The molecule has 3 rings (SSSR count). The average Bonchev–Trinajstić information content (AvgIpc) is 2.69. The van der Waals surface area contributed by atoms with Crippen molar-refractivity contribution in [2.75, 3.05) is 18.4 Å². The molecule has 2 heterocycles. The normalized spacial score (nSPS) is 17.5. The third-order valence-electron chi connectivity index (χ3n) is 3.44. The summed E-state index contributed by atoms with van der Waals surface area (Å²) in [4.78, 5) is 0. The summed E-state index contributed by atoms with van der Waals surface area (Å²) < 4.78 is 1.94. The first kappa shape index (κ1) is 10.6. The van der Waals surface area contributed by atoms with E-state index >= 15 is 0 Å². The number of rotatable bonds is 2. The molecule has 0 bridgehead atoms. The zero-order valence-electron chi connectivity index (χ0n) is 10.1. The van der Waals surface area contributed by atoms with Gasteiger partial charge in [-0.3, -0.25) is 4.68 Å². The molecule has 0 unspecified atom stereocenters. The molecule has 17 heavy (non-hydrogen) atoms. The lowest BCUT2D eigenvalue weighted by Gasteiger charge is -2.23. The minimum absolute atomic E-state index is 0.551. The monoisotopic (exact) mass is 230 g/mol. The second kappa shape index (κ2) is 4.37. The van der Waals surface area contributed by atoms with Gasteiger partial charge in [0.2, 0.25) is 0 Å². The zero-order valence-corrected chi connectivity index (χ0v) is 10.1. The number of anilines is 1. The number of fused-ring (bicyclic) bond motifs is 1. The van der Waals surface area contributed by atoms with E-state index in [9.17, 15) is 0 Å². The van der Waals surface area contributed by atoms with Gasteiger partial charge in [0.25, 0.3) is 0 Å². The molecule has 1 aliphatic heterocycles. The van der Waals surface area contributed by atoms with Crippen LogP contribution in [0, 0.1) is 0 Å². The van der Waals surface area contributed by atoms with Crippen molar-refractivity contribution in [2.24, 2.45) is 7.05 Å². The van der Waals surface area contributed by atoms with Crippen molar-refractivity contribution in [3.05, 3.63) is 24.3 Å². The topological polar surface area (TPSA) is 41.9 Å². The van der Waals surface area contributed by atoms with Crippen molar-refractivity contribution >= 4 is 16.7 Å². The molecule has 1 aromatic heterocycles. The van der Waals surface area contributed by atoms with Crippen molar-refractivity contribution in [1.82, 2.24) is 15.1 Å². The van der Waals surface area contributed by atoms with E-state index in [-0.39, 0.29) is 0 Å². The zero-order chi connectivity index (χ0) is 11.7. The Labute approximate surface area is 101 Å². The summed E-state index contributed by atoms with van der Waals surface area (Å²) >= 11 is 0. The van der Waals surface area contributed by atoms with E-state index in [4.69, 9.17) is 0 Å². The van der Waals surface area contributed by atoms with Gasteiger partial charge >= 0.3 is 0 Å². The molecule has 0 atom stereocenters. The Bertz CT molecular complexity index is 511. The Balaban J connectivity index is 1.89. The van der Waals surface area contributed by atoms with Gasteiger partial charge < -0.3 is 10.6 Å². The van der Waals surface area contributed by atoms with Crippen molar-refractivity contribution in [3.63, 3.8) is 0 Å². The number of aryl methyl sites for hydroxylation is 1. The minimum Gasteiger partial charge on any atom is -0.365 e. The van der Waals surface area contributed by atoms with E-state index in [1.165, 1.54) is 23.7 Å². The van der Waals surface area contributed by atoms with Crippen LogP contribution in [-0.2, 0) is 7.05 Å². The Hall–Kier alpha value is -1.55. The van der Waals surface area contributed by atoms with Crippen LogP contribution < -0.4 is 10.6 Å². The second-order valence-electron chi connectivity index (χ2n) is 4.66. The number of benzene rings is 1. The van der Waals surface area contributed by atoms with Crippen LogP contribution in [-0.4, -0.2) is 28.9 Å². The van der Waals surface area contributed by atoms with Crippen molar-refractivity contribution in [3.8, 4) is 0 Å². The molecule has 1 aliphatic rings. The lowest BCUT2D eigenvalue weighted by atomic mass is 10.1. The number of nitrogens with zero attached hydrogens (tertiary/aromatic N) is 2. The predicted molar refractivity (Wildman–Crippen MR) is 70.2 cm³/mol. The average molecular weight is 230 g/mol. The van der Waals surface area contributed by atoms with Crippen LogP contribution in [0.1, 0.15) is 12.8 Å². The summed E-state index contributed by atoms with van der Waals surface area (Å²) in [6.07, 6.45) is 2.34. The summed E-state index contributed by atoms with van der Waals surface area (Å²) in [5.74, 6) is 1.02. The maximum atomic E-state index is 4.57.